The van der Waals surface area contributed by atoms with E-state index < -0.39 is 37.1 Å². The number of alkyl halides is 6. The first-order chi connectivity index (χ1) is 9.13. The molecule has 0 aliphatic rings. The van der Waals surface area contributed by atoms with Gasteiger partial charge in [0.2, 0.25) is 0 Å². The lowest BCUT2D eigenvalue weighted by molar-refractivity contribution is -0.325. The van der Waals surface area contributed by atoms with Crippen molar-refractivity contribution >= 4 is 6.29 Å². The van der Waals surface area contributed by atoms with Crippen LogP contribution in [0.5, 0.6) is 5.75 Å². The lowest BCUT2D eigenvalue weighted by Gasteiger charge is -2.14. The standard InChI is InChI=1S/C11H8F6O3/c12-10(13,14)8-5-7(6-18)1-2-9(8)19-3-4-20-11(15,16)17/h1-2,5-6H,3-4H2. The lowest BCUT2D eigenvalue weighted by atomic mass is 10.1. The molecule has 0 spiro atoms. The summed E-state index contributed by atoms with van der Waals surface area (Å²) in [4.78, 5) is 10.4. The average Bonchev–Trinajstić information content (AvgIpc) is 2.32. The molecule has 0 amide bonds. The van der Waals surface area contributed by atoms with Crippen LogP contribution in [0, 0.1) is 0 Å². The molecule has 20 heavy (non-hydrogen) atoms. The van der Waals surface area contributed by atoms with Crippen molar-refractivity contribution in [3.05, 3.63) is 29.3 Å². The highest BCUT2D eigenvalue weighted by Crippen LogP contribution is 2.36. The van der Waals surface area contributed by atoms with Gasteiger partial charge in [0.15, 0.2) is 0 Å². The van der Waals surface area contributed by atoms with E-state index in [1.165, 1.54) is 0 Å². The van der Waals surface area contributed by atoms with Crippen LogP contribution < -0.4 is 4.74 Å². The third kappa shape index (κ3) is 5.08. The second-order valence-electron chi connectivity index (χ2n) is 3.51. The summed E-state index contributed by atoms with van der Waals surface area (Å²) in [7, 11) is 0. The number of rotatable bonds is 5. The van der Waals surface area contributed by atoms with Crippen LogP contribution in [-0.2, 0) is 10.9 Å². The number of hydrogen-bond acceptors (Lipinski definition) is 3. The van der Waals surface area contributed by atoms with Crippen LogP contribution in [-0.4, -0.2) is 25.9 Å². The maximum atomic E-state index is 12.7. The molecule has 0 heterocycles. The van der Waals surface area contributed by atoms with E-state index in [1.54, 1.807) is 0 Å². The van der Waals surface area contributed by atoms with E-state index in [1.807, 2.05) is 0 Å². The Hall–Kier alpha value is -1.77. The van der Waals surface area contributed by atoms with Crippen molar-refractivity contribution in [2.45, 2.75) is 12.5 Å². The smallest absolute Gasteiger partial charge is 0.491 e. The Morgan fingerprint density at radius 2 is 1.70 bits per heavy atom. The van der Waals surface area contributed by atoms with Crippen molar-refractivity contribution in [2.24, 2.45) is 0 Å². The highest BCUT2D eigenvalue weighted by molar-refractivity contribution is 5.75. The zero-order chi connectivity index (χ0) is 15.4. The molecule has 112 valence electrons. The Morgan fingerprint density at radius 3 is 2.20 bits per heavy atom. The molecule has 0 fully saturated rings. The first kappa shape index (κ1) is 16.3. The van der Waals surface area contributed by atoms with Crippen molar-refractivity contribution in [1.29, 1.82) is 0 Å². The SMILES string of the molecule is O=Cc1ccc(OCCOC(F)(F)F)c(C(F)(F)F)c1. The largest absolute Gasteiger partial charge is 0.522 e. The Bertz CT molecular complexity index is 466. The summed E-state index contributed by atoms with van der Waals surface area (Å²) in [6, 6.07) is 2.47. The second-order valence-corrected chi connectivity index (χ2v) is 3.51. The fraction of sp³-hybridized carbons (Fsp3) is 0.364. The van der Waals surface area contributed by atoms with E-state index in [2.05, 4.69) is 9.47 Å². The Labute approximate surface area is 109 Å². The van der Waals surface area contributed by atoms with Gasteiger partial charge in [0.1, 0.15) is 18.6 Å². The second kappa shape index (κ2) is 6.12. The summed E-state index contributed by atoms with van der Waals surface area (Å²) >= 11 is 0. The van der Waals surface area contributed by atoms with Crippen LogP contribution >= 0.6 is 0 Å². The van der Waals surface area contributed by atoms with E-state index in [-0.39, 0.29) is 11.8 Å². The van der Waals surface area contributed by atoms with Gasteiger partial charge >= 0.3 is 12.5 Å². The van der Waals surface area contributed by atoms with Gasteiger partial charge in [-0.15, -0.1) is 13.2 Å². The van der Waals surface area contributed by atoms with Crippen LogP contribution in [0.4, 0.5) is 26.3 Å². The first-order valence-electron chi connectivity index (χ1n) is 5.13. The Balaban J connectivity index is 2.77. The zero-order valence-electron chi connectivity index (χ0n) is 9.72. The molecule has 0 saturated carbocycles. The average molecular weight is 302 g/mol. The molecule has 3 nitrogen and oxygen atoms in total. The number of carbonyl (C=O) groups is 1. The maximum Gasteiger partial charge on any atom is 0.522 e. The van der Waals surface area contributed by atoms with Gasteiger partial charge in [-0.3, -0.25) is 9.53 Å². The number of aldehydes is 1. The summed E-state index contributed by atoms with van der Waals surface area (Å²) in [5.41, 5.74) is -1.47. The monoisotopic (exact) mass is 302 g/mol. The fourth-order valence-corrected chi connectivity index (χ4v) is 1.28. The van der Waals surface area contributed by atoms with Crippen LogP contribution in [0.3, 0.4) is 0 Å². The third-order valence-electron chi connectivity index (χ3n) is 2.05. The van der Waals surface area contributed by atoms with E-state index in [9.17, 15) is 31.1 Å². The van der Waals surface area contributed by atoms with E-state index >= 15 is 0 Å². The molecule has 9 heteroatoms. The van der Waals surface area contributed by atoms with Gasteiger partial charge in [-0.25, -0.2) is 0 Å². The molecular formula is C11H8F6O3. The molecule has 1 rings (SSSR count). The number of halogens is 6. The van der Waals surface area contributed by atoms with Gasteiger partial charge in [-0.1, -0.05) is 0 Å². The minimum Gasteiger partial charge on any atom is -0.491 e. The highest BCUT2D eigenvalue weighted by atomic mass is 19.4. The summed E-state index contributed by atoms with van der Waals surface area (Å²) in [6.45, 7) is -1.67. The molecule has 0 aliphatic carbocycles. The minimum atomic E-state index is -4.88. The van der Waals surface area contributed by atoms with Gasteiger partial charge < -0.3 is 4.74 Å². The van der Waals surface area contributed by atoms with E-state index in [0.717, 1.165) is 12.1 Å². The van der Waals surface area contributed by atoms with Crippen LogP contribution in [0.25, 0.3) is 0 Å². The molecule has 1 aromatic carbocycles. The predicted molar refractivity (Wildman–Crippen MR) is 54.3 cm³/mol. The quantitative estimate of drug-likeness (QED) is 0.475. The van der Waals surface area contributed by atoms with Crippen molar-refractivity contribution in [1.82, 2.24) is 0 Å². The van der Waals surface area contributed by atoms with Crippen LogP contribution in [0.1, 0.15) is 15.9 Å². The summed E-state index contributed by atoms with van der Waals surface area (Å²) in [6.07, 6.45) is -9.46. The van der Waals surface area contributed by atoms with Crippen molar-refractivity contribution in [3.63, 3.8) is 0 Å². The molecule has 0 aromatic heterocycles. The van der Waals surface area contributed by atoms with Gasteiger partial charge in [0, 0.05) is 5.56 Å². The van der Waals surface area contributed by atoms with Crippen molar-refractivity contribution in [3.8, 4) is 5.75 Å². The van der Waals surface area contributed by atoms with E-state index in [4.69, 9.17) is 0 Å². The van der Waals surface area contributed by atoms with Crippen LogP contribution in [0.15, 0.2) is 18.2 Å². The lowest BCUT2D eigenvalue weighted by Crippen LogP contribution is -2.19. The van der Waals surface area contributed by atoms with Gasteiger partial charge in [-0.2, -0.15) is 13.2 Å². The molecule has 1 aromatic rings. The fourth-order valence-electron chi connectivity index (χ4n) is 1.28. The number of benzene rings is 1. The zero-order valence-corrected chi connectivity index (χ0v) is 9.72. The topological polar surface area (TPSA) is 35.5 Å². The van der Waals surface area contributed by atoms with E-state index in [0.29, 0.717) is 6.07 Å². The predicted octanol–water partition coefficient (Wildman–Crippen LogP) is 3.43. The van der Waals surface area contributed by atoms with Gasteiger partial charge in [0.25, 0.3) is 0 Å². The van der Waals surface area contributed by atoms with Crippen LogP contribution in [0.2, 0.25) is 0 Å². The number of carbonyl (C=O) groups excluding carboxylic acids is 1. The maximum absolute atomic E-state index is 12.7. The van der Waals surface area contributed by atoms with Gasteiger partial charge in [0.05, 0.1) is 12.2 Å². The highest BCUT2D eigenvalue weighted by Gasteiger charge is 2.35. The third-order valence-corrected chi connectivity index (χ3v) is 2.05. The molecular weight excluding hydrogens is 294 g/mol. The molecule has 0 unspecified atom stereocenters. The van der Waals surface area contributed by atoms with Gasteiger partial charge in [-0.05, 0) is 18.2 Å². The van der Waals surface area contributed by atoms with Crippen molar-refractivity contribution < 1.29 is 40.6 Å². The first-order valence-corrected chi connectivity index (χ1v) is 5.13. The Kier molecular flexibility index (Phi) is 4.98. The summed E-state index contributed by atoms with van der Waals surface area (Å²) in [5, 5.41) is 0. The molecule has 0 saturated heterocycles. The molecule has 0 N–H and O–H groups in total. The molecule has 0 aliphatic heterocycles. The summed E-state index contributed by atoms with van der Waals surface area (Å²) in [5.74, 6) is -0.672. The number of ether oxygens (including phenoxy) is 2. The minimum absolute atomic E-state index is 0.214. The Morgan fingerprint density at radius 1 is 1.05 bits per heavy atom. The molecule has 0 bridgehead atoms. The number of hydrogen-bond donors (Lipinski definition) is 0. The van der Waals surface area contributed by atoms with Crippen molar-refractivity contribution in [2.75, 3.05) is 13.2 Å². The normalized spacial score (nSPS) is 12.3. The molecule has 0 radical (unpaired) electrons. The summed E-state index contributed by atoms with van der Waals surface area (Å²) < 4.78 is 80.9. The molecule has 0 atom stereocenters.